The third-order valence-electron chi connectivity index (χ3n) is 4.17. The Morgan fingerprint density at radius 1 is 1.29 bits per heavy atom. The second-order valence-corrected chi connectivity index (χ2v) is 8.49. The van der Waals surface area contributed by atoms with Gasteiger partial charge in [0.05, 0.1) is 13.2 Å². The molecule has 0 bridgehead atoms. The van der Waals surface area contributed by atoms with Gasteiger partial charge in [0.15, 0.2) is 11.6 Å². The fourth-order valence-corrected chi connectivity index (χ4v) is 3.04. The first-order valence-electron chi connectivity index (χ1n) is 8.91. The number of benzene rings is 1. The van der Waals surface area contributed by atoms with Crippen molar-refractivity contribution in [1.29, 1.82) is 0 Å². The minimum atomic E-state index is -0.569. The molecule has 0 saturated carbocycles. The second-order valence-electron chi connectivity index (χ2n) is 7.57. The molecule has 0 aliphatic rings. The molecule has 2 N–H and O–H groups in total. The number of amides is 1. The van der Waals surface area contributed by atoms with Crippen molar-refractivity contribution in [3.63, 3.8) is 0 Å². The number of carbonyl (C=O) groups is 1. The van der Waals surface area contributed by atoms with Crippen LogP contribution in [0.1, 0.15) is 38.2 Å². The maximum atomic E-state index is 12.6. The standard InChI is InChI=1S/C20H23BrN4O3/c1-20(2,3)19(27)22-15(12-28-11-13-7-5-4-6-8-13)17-23-24-18-16(26)9-14(21)10-25(17)18/h4-10,15,26H,11-12H2,1-3H3,(H,22,27)/t15-/m1/s1. The first kappa shape index (κ1) is 20.3. The molecule has 8 heteroatoms. The van der Waals surface area contributed by atoms with E-state index < -0.39 is 11.5 Å². The summed E-state index contributed by atoms with van der Waals surface area (Å²) in [5.41, 5.74) is 0.784. The lowest BCUT2D eigenvalue weighted by Gasteiger charge is -2.23. The Morgan fingerprint density at radius 2 is 2.00 bits per heavy atom. The number of nitrogens with zero attached hydrogens (tertiary/aromatic N) is 3. The van der Waals surface area contributed by atoms with Crippen LogP contribution in [-0.4, -0.2) is 32.2 Å². The largest absolute Gasteiger partial charge is 0.504 e. The van der Waals surface area contributed by atoms with Crippen molar-refractivity contribution in [2.45, 2.75) is 33.4 Å². The van der Waals surface area contributed by atoms with Gasteiger partial charge < -0.3 is 15.2 Å². The summed E-state index contributed by atoms with van der Waals surface area (Å²) < 4.78 is 8.18. The normalized spacial score (nSPS) is 12.9. The van der Waals surface area contributed by atoms with Crippen LogP contribution in [0.3, 0.4) is 0 Å². The van der Waals surface area contributed by atoms with Crippen LogP contribution in [0.2, 0.25) is 0 Å². The average Bonchev–Trinajstić information content (AvgIpc) is 3.05. The number of aromatic hydroxyl groups is 1. The highest BCUT2D eigenvalue weighted by Crippen LogP contribution is 2.25. The number of hydrogen-bond donors (Lipinski definition) is 2. The van der Waals surface area contributed by atoms with Gasteiger partial charge in [0.25, 0.3) is 0 Å². The molecule has 0 radical (unpaired) electrons. The number of carbonyl (C=O) groups excluding carboxylic acids is 1. The molecule has 3 rings (SSSR count). The highest BCUT2D eigenvalue weighted by molar-refractivity contribution is 9.10. The summed E-state index contributed by atoms with van der Waals surface area (Å²) in [6, 6.07) is 10.8. The van der Waals surface area contributed by atoms with Crippen molar-refractivity contribution >= 4 is 27.5 Å². The van der Waals surface area contributed by atoms with Gasteiger partial charge >= 0.3 is 0 Å². The van der Waals surface area contributed by atoms with Gasteiger partial charge in [0.2, 0.25) is 11.6 Å². The molecule has 0 aliphatic heterocycles. The van der Waals surface area contributed by atoms with Gasteiger partial charge in [-0.25, -0.2) is 0 Å². The molecule has 2 heterocycles. The van der Waals surface area contributed by atoms with E-state index in [-0.39, 0.29) is 18.3 Å². The quantitative estimate of drug-likeness (QED) is 0.603. The first-order valence-corrected chi connectivity index (χ1v) is 9.71. The minimum Gasteiger partial charge on any atom is -0.504 e. The Hall–Kier alpha value is -2.45. The summed E-state index contributed by atoms with van der Waals surface area (Å²) in [6.45, 7) is 6.15. The lowest BCUT2D eigenvalue weighted by atomic mass is 9.95. The minimum absolute atomic E-state index is 0.000716. The van der Waals surface area contributed by atoms with Crippen LogP contribution in [-0.2, 0) is 16.1 Å². The van der Waals surface area contributed by atoms with Gasteiger partial charge in [-0.2, -0.15) is 0 Å². The topological polar surface area (TPSA) is 88.8 Å². The van der Waals surface area contributed by atoms with Gasteiger partial charge in [-0.05, 0) is 27.6 Å². The molecule has 1 amide bonds. The van der Waals surface area contributed by atoms with Crippen LogP contribution < -0.4 is 5.32 Å². The Balaban J connectivity index is 1.86. The maximum Gasteiger partial charge on any atom is 0.226 e. The number of fused-ring (bicyclic) bond motifs is 1. The Bertz CT molecular complexity index is 967. The van der Waals surface area contributed by atoms with E-state index in [4.69, 9.17) is 4.74 Å². The summed E-state index contributed by atoms with van der Waals surface area (Å²) >= 11 is 3.36. The zero-order chi connectivity index (χ0) is 20.3. The predicted molar refractivity (Wildman–Crippen MR) is 109 cm³/mol. The van der Waals surface area contributed by atoms with Crippen LogP contribution in [0.25, 0.3) is 5.65 Å². The van der Waals surface area contributed by atoms with Crippen molar-refractivity contribution in [2.75, 3.05) is 6.61 Å². The van der Waals surface area contributed by atoms with Crippen molar-refractivity contribution in [1.82, 2.24) is 19.9 Å². The van der Waals surface area contributed by atoms with E-state index in [1.807, 2.05) is 51.1 Å². The zero-order valence-corrected chi connectivity index (χ0v) is 17.6. The van der Waals surface area contributed by atoms with Crippen LogP contribution in [0.5, 0.6) is 5.75 Å². The maximum absolute atomic E-state index is 12.6. The van der Waals surface area contributed by atoms with Crippen molar-refractivity contribution in [3.8, 4) is 5.75 Å². The fraction of sp³-hybridized carbons (Fsp3) is 0.350. The van der Waals surface area contributed by atoms with Crippen LogP contribution in [0.15, 0.2) is 47.1 Å². The summed E-state index contributed by atoms with van der Waals surface area (Å²) in [7, 11) is 0. The van der Waals surface area contributed by atoms with Crippen molar-refractivity contribution in [3.05, 3.63) is 58.5 Å². The van der Waals surface area contributed by atoms with E-state index >= 15 is 0 Å². The number of ether oxygens (including phenoxy) is 1. The molecular weight excluding hydrogens is 424 g/mol. The fourth-order valence-electron chi connectivity index (χ4n) is 2.62. The third kappa shape index (κ3) is 4.69. The Kier molecular flexibility index (Phi) is 6.00. The average molecular weight is 447 g/mol. The summed E-state index contributed by atoms with van der Waals surface area (Å²) in [6.07, 6.45) is 1.75. The van der Waals surface area contributed by atoms with Crippen LogP contribution >= 0.6 is 15.9 Å². The van der Waals surface area contributed by atoms with Crippen molar-refractivity contribution < 1.29 is 14.6 Å². The van der Waals surface area contributed by atoms with Gasteiger partial charge in [-0.3, -0.25) is 9.20 Å². The van der Waals surface area contributed by atoms with E-state index in [2.05, 4.69) is 31.4 Å². The molecule has 1 atom stereocenters. The molecule has 0 saturated heterocycles. The van der Waals surface area contributed by atoms with Crippen molar-refractivity contribution in [2.24, 2.45) is 5.41 Å². The molecule has 0 fully saturated rings. The molecule has 28 heavy (non-hydrogen) atoms. The molecule has 3 aromatic rings. The number of halogens is 1. The zero-order valence-electron chi connectivity index (χ0n) is 16.0. The lowest BCUT2D eigenvalue weighted by Crippen LogP contribution is -2.39. The summed E-state index contributed by atoms with van der Waals surface area (Å²) in [4.78, 5) is 12.6. The van der Waals surface area contributed by atoms with Crippen LogP contribution in [0.4, 0.5) is 0 Å². The van der Waals surface area contributed by atoms with Crippen LogP contribution in [0, 0.1) is 5.41 Å². The van der Waals surface area contributed by atoms with E-state index in [1.165, 1.54) is 0 Å². The molecular formula is C20H23BrN4O3. The van der Waals surface area contributed by atoms with Gasteiger partial charge in [-0.15, -0.1) is 10.2 Å². The highest BCUT2D eigenvalue weighted by Gasteiger charge is 2.28. The van der Waals surface area contributed by atoms with Gasteiger partial charge in [-0.1, -0.05) is 51.1 Å². The first-order chi connectivity index (χ1) is 13.3. The molecule has 1 aromatic carbocycles. The second kappa shape index (κ2) is 8.28. The SMILES string of the molecule is CC(C)(C)C(=O)N[C@H](COCc1ccccc1)c1nnc2c(O)cc(Br)cn12. The molecule has 7 nitrogen and oxygen atoms in total. The third-order valence-corrected chi connectivity index (χ3v) is 4.61. The van der Waals surface area contributed by atoms with E-state index in [0.29, 0.717) is 22.6 Å². The monoisotopic (exact) mass is 446 g/mol. The van der Waals surface area contributed by atoms with E-state index in [9.17, 15) is 9.90 Å². The number of pyridine rings is 1. The predicted octanol–water partition coefficient (Wildman–Crippen LogP) is 3.62. The lowest BCUT2D eigenvalue weighted by molar-refractivity contribution is -0.129. The Morgan fingerprint density at radius 3 is 2.68 bits per heavy atom. The van der Waals surface area contributed by atoms with Gasteiger partial charge in [0.1, 0.15) is 6.04 Å². The van der Waals surface area contributed by atoms with E-state index in [1.54, 1.807) is 16.7 Å². The molecule has 148 valence electrons. The highest BCUT2D eigenvalue weighted by atomic mass is 79.9. The Labute approximate surface area is 171 Å². The molecule has 2 aromatic heterocycles. The smallest absolute Gasteiger partial charge is 0.226 e. The molecule has 0 aliphatic carbocycles. The number of rotatable bonds is 6. The van der Waals surface area contributed by atoms with E-state index in [0.717, 1.165) is 5.56 Å². The number of aromatic nitrogens is 3. The summed E-state index contributed by atoms with van der Waals surface area (Å²) in [5.74, 6) is 0.355. The summed E-state index contributed by atoms with van der Waals surface area (Å²) in [5, 5.41) is 21.4. The molecule has 0 unspecified atom stereocenters. The number of nitrogens with one attached hydrogen (secondary N) is 1. The number of hydrogen-bond acceptors (Lipinski definition) is 5. The van der Waals surface area contributed by atoms with Gasteiger partial charge in [0, 0.05) is 16.1 Å². The molecule has 0 spiro atoms.